The molecule has 0 saturated heterocycles. The molecule has 0 aliphatic carbocycles. The van der Waals surface area contributed by atoms with Gasteiger partial charge in [0, 0.05) is 24.5 Å². The van der Waals surface area contributed by atoms with E-state index in [0.29, 0.717) is 5.56 Å². The Morgan fingerprint density at radius 1 is 0.955 bits per heavy atom. The molecule has 2 aromatic carbocycles. The Balaban J connectivity index is 2.00. The van der Waals surface area contributed by atoms with Gasteiger partial charge in [-0.1, -0.05) is 60.7 Å². The average molecular weight is 291 g/mol. The largest absolute Gasteiger partial charge is 0.465 e. The second-order valence-electron chi connectivity index (χ2n) is 5.10. The standard InChI is InChI=1S/C19H17NO2/c1-22-19(21)18-14-20(12-15-8-4-2-5-9-15)13-17(18)16-10-6-3-7-11-16/h2-11,13-14H,12H2,1H3. The molecule has 0 aliphatic rings. The highest BCUT2D eigenvalue weighted by Gasteiger charge is 2.16. The van der Waals surface area contributed by atoms with Crippen LogP contribution in [0.5, 0.6) is 0 Å². The summed E-state index contributed by atoms with van der Waals surface area (Å²) in [6, 6.07) is 20.0. The number of ether oxygens (including phenoxy) is 1. The second-order valence-corrected chi connectivity index (χ2v) is 5.10. The van der Waals surface area contributed by atoms with Crippen molar-refractivity contribution >= 4 is 5.97 Å². The second kappa shape index (κ2) is 6.31. The maximum Gasteiger partial charge on any atom is 0.340 e. The van der Waals surface area contributed by atoms with Gasteiger partial charge in [-0.3, -0.25) is 0 Å². The number of carbonyl (C=O) groups is 1. The molecule has 0 aliphatic heterocycles. The SMILES string of the molecule is COC(=O)c1cn(Cc2ccccc2)cc1-c1ccccc1. The molecule has 3 heteroatoms. The fourth-order valence-corrected chi connectivity index (χ4v) is 2.51. The lowest BCUT2D eigenvalue weighted by Gasteiger charge is -2.02. The zero-order valence-corrected chi connectivity index (χ0v) is 12.4. The van der Waals surface area contributed by atoms with Gasteiger partial charge in [0.1, 0.15) is 0 Å². The van der Waals surface area contributed by atoms with Crippen LogP contribution < -0.4 is 0 Å². The van der Waals surface area contributed by atoms with Crippen LogP contribution in [0.3, 0.4) is 0 Å². The highest BCUT2D eigenvalue weighted by atomic mass is 16.5. The summed E-state index contributed by atoms with van der Waals surface area (Å²) in [5.41, 5.74) is 3.68. The molecule has 0 atom stereocenters. The van der Waals surface area contributed by atoms with Gasteiger partial charge in [0.15, 0.2) is 0 Å². The highest BCUT2D eigenvalue weighted by Crippen LogP contribution is 2.25. The van der Waals surface area contributed by atoms with E-state index in [1.54, 1.807) is 0 Å². The third-order valence-electron chi connectivity index (χ3n) is 3.58. The van der Waals surface area contributed by atoms with Gasteiger partial charge in [-0.2, -0.15) is 0 Å². The first-order valence-electron chi connectivity index (χ1n) is 7.15. The molecule has 0 spiro atoms. The predicted octanol–water partition coefficient (Wildman–Crippen LogP) is 3.99. The molecule has 3 aromatic rings. The van der Waals surface area contributed by atoms with Gasteiger partial charge in [-0.05, 0) is 11.1 Å². The molecule has 0 unspecified atom stereocenters. The van der Waals surface area contributed by atoms with Crippen LogP contribution in [0.15, 0.2) is 73.1 Å². The minimum Gasteiger partial charge on any atom is -0.465 e. The predicted molar refractivity (Wildman–Crippen MR) is 86.8 cm³/mol. The lowest BCUT2D eigenvalue weighted by atomic mass is 10.1. The van der Waals surface area contributed by atoms with E-state index < -0.39 is 0 Å². The number of nitrogens with zero attached hydrogens (tertiary/aromatic N) is 1. The first-order valence-corrected chi connectivity index (χ1v) is 7.15. The van der Waals surface area contributed by atoms with Gasteiger partial charge in [0.25, 0.3) is 0 Å². The van der Waals surface area contributed by atoms with E-state index in [1.165, 1.54) is 12.7 Å². The number of carbonyl (C=O) groups excluding carboxylic acids is 1. The Morgan fingerprint density at radius 3 is 2.23 bits per heavy atom. The van der Waals surface area contributed by atoms with Crippen LogP contribution in [0, 0.1) is 0 Å². The van der Waals surface area contributed by atoms with Crippen LogP contribution in [0.2, 0.25) is 0 Å². The van der Waals surface area contributed by atoms with Crippen LogP contribution in [0.1, 0.15) is 15.9 Å². The van der Waals surface area contributed by atoms with Gasteiger partial charge in [-0.25, -0.2) is 4.79 Å². The topological polar surface area (TPSA) is 31.2 Å². The van der Waals surface area contributed by atoms with Crippen molar-refractivity contribution in [3.8, 4) is 11.1 Å². The van der Waals surface area contributed by atoms with E-state index in [2.05, 4.69) is 12.1 Å². The molecule has 1 aromatic heterocycles. The van der Waals surface area contributed by atoms with Crippen LogP contribution in [0.25, 0.3) is 11.1 Å². The van der Waals surface area contributed by atoms with E-state index in [-0.39, 0.29) is 5.97 Å². The van der Waals surface area contributed by atoms with Crippen molar-refractivity contribution in [2.24, 2.45) is 0 Å². The molecule has 1 heterocycles. The molecule has 0 fully saturated rings. The molecule has 110 valence electrons. The highest BCUT2D eigenvalue weighted by molar-refractivity contribution is 5.97. The van der Waals surface area contributed by atoms with Crippen molar-refractivity contribution in [3.05, 3.63) is 84.2 Å². The summed E-state index contributed by atoms with van der Waals surface area (Å²) in [7, 11) is 1.41. The summed E-state index contributed by atoms with van der Waals surface area (Å²) in [5.74, 6) is -0.314. The Bertz CT molecular complexity index is 761. The molecular formula is C19H17NO2. The van der Waals surface area contributed by atoms with Crippen LogP contribution >= 0.6 is 0 Å². The zero-order chi connectivity index (χ0) is 15.4. The number of hydrogen-bond acceptors (Lipinski definition) is 2. The maximum absolute atomic E-state index is 12.0. The van der Waals surface area contributed by atoms with Gasteiger partial charge in [0.2, 0.25) is 0 Å². The number of esters is 1. The summed E-state index contributed by atoms with van der Waals surface area (Å²) in [6.07, 6.45) is 3.84. The molecular weight excluding hydrogens is 274 g/mol. The van der Waals surface area contributed by atoms with Crippen molar-refractivity contribution in [3.63, 3.8) is 0 Å². The number of methoxy groups -OCH3 is 1. The fraction of sp³-hybridized carbons (Fsp3) is 0.105. The number of hydrogen-bond donors (Lipinski definition) is 0. The van der Waals surface area contributed by atoms with E-state index in [9.17, 15) is 4.79 Å². The molecule has 0 amide bonds. The summed E-state index contributed by atoms with van der Waals surface area (Å²) in [6.45, 7) is 0.720. The van der Waals surface area contributed by atoms with Crippen molar-refractivity contribution < 1.29 is 9.53 Å². The van der Waals surface area contributed by atoms with E-state index in [0.717, 1.165) is 17.7 Å². The first kappa shape index (κ1) is 14.1. The Labute approximate surface area is 129 Å². The smallest absolute Gasteiger partial charge is 0.340 e. The average Bonchev–Trinajstić information content (AvgIpc) is 3.00. The molecule has 0 N–H and O–H groups in total. The van der Waals surface area contributed by atoms with Crippen molar-refractivity contribution in [2.45, 2.75) is 6.54 Å². The van der Waals surface area contributed by atoms with Crippen LogP contribution in [0.4, 0.5) is 0 Å². The summed E-state index contributed by atoms with van der Waals surface area (Å²) < 4.78 is 6.93. The van der Waals surface area contributed by atoms with Crippen molar-refractivity contribution in [2.75, 3.05) is 7.11 Å². The lowest BCUT2D eigenvalue weighted by molar-refractivity contribution is 0.0601. The third-order valence-corrected chi connectivity index (χ3v) is 3.58. The van der Waals surface area contributed by atoms with Gasteiger partial charge in [-0.15, -0.1) is 0 Å². The normalized spacial score (nSPS) is 10.4. The van der Waals surface area contributed by atoms with Gasteiger partial charge < -0.3 is 9.30 Å². The van der Waals surface area contributed by atoms with Crippen molar-refractivity contribution in [1.29, 1.82) is 0 Å². The molecule has 0 bridgehead atoms. The maximum atomic E-state index is 12.0. The summed E-state index contributed by atoms with van der Waals surface area (Å²) in [5, 5.41) is 0. The monoisotopic (exact) mass is 291 g/mol. The molecule has 0 saturated carbocycles. The minimum atomic E-state index is -0.314. The van der Waals surface area contributed by atoms with Crippen molar-refractivity contribution in [1.82, 2.24) is 4.57 Å². The van der Waals surface area contributed by atoms with E-state index in [4.69, 9.17) is 4.74 Å². The Morgan fingerprint density at radius 2 is 1.59 bits per heavy atom. The summed E-state index contributed by atoms with van der Waals surface area (Å²) >= 11 is 0. The van der Waals surface area contributed by atoms with Gasteiger partial charge in [0.05, 0.1) is 12.7 Å². The quantitative estimate of drug-likeness (QED) is 0.681. The molecule has 3 rings (SSSR count). The van der Waals surface area contributed by atoms with Crippen LogP contribution in [-0.4, -0.2) is 17.6 Å². The molecule has 22 heavy (non-hydrogen) atoms. The third kappa shape index (κ3) is 2.93. The Hall–Kier alpha value is -2.81. The lowest BCUT2D eigenvalue weighted by Crippen LogP contribution is -2.01. The zero-order valence-electron chi connectivity index (χ0n) is 12.4. The fourth-order valence-electron chi connectivity index (χ4n) is 2.51. The first-order chi connectivity index (χ1) is 10.8. The number of benzene rings is 2. The summed E-state index contributed by atoms with van der Waals surface area (Å²) in [4.78, 5) is 12.0. The number of rotatable bonds is 4. The van der Waals surface area contributed by atoms with Crippen LogP contribution in [-0.2, 0) is 11.3 Å². The molecule has 3 nitrogen and oxygen atoms in total. The van der Waals surface area contributed by atoms with E-state index >= 15 is 0 Å². The van der Waals surface area contributed by atoms with E-state index in [1.807, 2.05) is 65.5 Å². The molecule has 0 radical (unpaired) electrons. The minimum absolute atomic E-state index is 0.314. The Kier molecular flexibility index (Phi) is 4.05. The number of aromatic nitrogens is 1. The van der Waals surface area contributed by atoms with Gasteiger partial charge >= 0.3 is 5.97 Å².